The summed E-state index contributed by atoms with van der Waals surface area (Å²) < 4.78 is 15.8. The molecule has 0 unspecified atom stereocenters. The molecule has 31 heavy (non-hydrogen) atoms. The Morgan fingerprint density at radius 3 is 2.16 bits per heavy atom. The number of carbonyl (C=O) groups is 2. The summed E-state index contributed by atoms with van der Waals surface area (Å²) in [5, 5.41) is 8.77. The molecule has 0 aliphatic carbocycles. The molecule has 2 aromatic rings. The highest BCUT2D eigenvalue weighted by molar-refractivity contribution is 5.88. The standard InChI is InChI=1S/C25H25NO5/c1-2-24(27)30-18-6-4-3-5-17-29-22-12-7-20(8-13-22)11-16-25(28)31-23-14-9-21(19-26)10-15-23/h2,7-16H,1,3-6,17-18H2/b16-11-. The van der Waals surface area contributed by atoms with E-state index in [0.29, 0.717) is 24.5 Å². The maximum absolute atomic E-state index is 11.9. The fourth-order valence-electron chi connectivity index (χ4n) is 2.57. The van der Waals surface area contributed by atoms with Gasteiger partial charge in [0.05, 0.1) is 24.8 Å². The normalized spacial score (nSPS) is 10.3. The van der Waals surface area contributed by atoms with Gasteiger partial charge in [0.15, 0.2) is 0 Å². The number of unbranched alkanes of at least 4 members (excludes halogenated alkanes) is 3. The summed E-state index contributed by atoms with van der Waals surface area (Å²) in [5.41, 5.74) is 1.35. The van der Waals surface area contributed by atoms with Crippen molar-refractivity contribution in [2.45, 2.75) is 25.7 Å². The highest BCUT2D eigenvalue weighted by atomic mass is 16.5. The third kappa shape index (κ3) is 9.46. The second-order valence-corrected chi connectivity index (χ2v) is 6.59. The van der Waals surface area contributed by atoms with Crippen LogP contribution in [0.4, 0.5) is 0 Å². The van der Waals surface area contributed by atoms with E-state index in [1.165, 1.54) is 6.08 Å². The van der Waals surface area contributed by atoms with Gasteiger partial charge in [0.1, 0.15) is 11.5 Å². The Bertz CT molecular complexity index is 924. The number of nitrogens with zero attached hydrogens (tertiary/aromatic N) is 1. The Balaban J connectivity index is 1.64. The number of rotatable bonds is 12. The summed E-state index contributed by atoms with van der Waals surface area (Å²) in [5.74, 6) is 0.265. The van der Waals surface area contributed by atoms with Crippen molar-refractivity contribution in [1.29, 1.82) is 5.26 Å². The van der Waals surface area contributed by atoms with Crippen molar-refractivity contribution < 1.29 is 23.8 Å². The van der Waals surface area contributed by atoms with E-state index in [1.54, 1.807) is 30.3 Å². The second-order valence-electron chi connectivity index (χ2n) is 6.59. The van der Waals surface area contributed by atoms with Crippen LogP contribution in [-0.2, 0) is 14.3 Å². The molecule has 2 aromatic carbocycles. The fraction of sp³-hybridized carbons (Fsp3) is 0.240. The van der Waals surface area contributed by atoms with Crippen LogP contribution in [0, 0.1) is 11.3 Å². The van der Waals surface area contributed by atoms with Gasteiger partial charge in [-0.15, -0.1) is 0 Å². The number of hydrogen-bond acceptors (Lipinski definition) is 6. The number of ether oxygens (including phenoxy) is 3. The number of carbonyl (C=O) groups excluding carboxylic acids is 2. The van der Waals surface area contributed by atoms with Crippen LogP contribution in [0.2, 0.25) is 0 Å². The lowest BCUT2D eigenvalue weighted by Gasteiger charge is -2.06. The lowest BCUT2D eigenvalue weighted by atomic mass is 10.2. The van der Waals surface area contributed by atoms with Crippen molar-refractivity contribution in [2.75, 3.05) is 13.2 Å². The lowest BCUT2D eigenvalue weighted by Crippen LogP contribution is -2.03. The molecule has 0 radical (unpaired) electrons. The number of nitriles is 1. The lowest BCUT2D eigenvalue weighted by molar-refractivity contribution is -0.137. The van der Waals surface area contributed by atoms with Crippen molar-refractivity contribution in [3.05, 3.63) is 78.4 Å². The largest absolute Gasteiger partial charge is 0.494 e. The second kappa shape index (κ2) is 13.4. The average Bonchev–Trinajstić information content (AvgIpc) is 2.80. The van der Waals surface area contributed by atoms with Gasteiger partial charge in [-0.25, -0.2) is 9.59 Å². The Hall–Kier alpha value is -3.85. The predicted molar refractivity (Wildman–Crippen MR) is 117 cm³/mol. The summed E-state index contributed by atoms with van der Waals surface area (Å²) >= 11 is 0. The Kier molecular flexibility index (Phi) is 10.1. The zero-order valence-electron chi connectivity index (χ0n) is 17.3. The molecule has 0 bridgehead atoms. The molecule has 0 aromatic heterocycles. The Labute approximate surface area is 182 Å². The summed E-state index contributed by atoms with van der Waals surface area (Å²) in [7, 11) is 0. The first kappa shape index (κ1) is 23.4. The zero-order chi connectivity index (χ0) is 22.3. The van der Waals surface area contributed by atoms with E-state index in [9.17, 15) is 9.59 Å². The van der Waals surface area contributed by atoms with Crippen LogP contribution in [-0.4, -0.2) is 25.2 Å². The summed E-state index contributed by atoms with van der Waals surface area (Å²) in [4.78, 5) is 22.8. The maximum Gasteiger partial charge on any atom is 0.336 e. The van der Waals surface area contributed by atoms with Crippen molar-refractivity contribution in [3.63, 3.8) is 0 Å². The van der Waals surface area contributed by atoms with E-state index in [2.05, 4.69) is 6.58 Å². The van der Waals surface area contributed by atoms with E-state index in [0.717, 1.165) is 43.1 Å². The van der Waals surface area contributed by atoms with E-state index in [-0.39, 0.29) is 5.97 Å². The first-order valence-corrected chi connectivity index (χ1v) is 10.0. The van der Waals surface area contributed by atoms with Gasteiger partial charge in [0.2, 0.25) is 0 Å². The van der Waals surface area contributed by atoms with Gasteiger partial charge in [-0.1, -0.05) is 18.7 Å². The van der Waals surface area contributed by atoms with Crippen LogP contribution in [0.15, 0.2) is 67.3 Å². The third-order valence-electron chi connectivity index (χ3n) is 4.21. The minimum atomic E-state index is -0.496. The molecule has 0 spiro atoms. The summed E-state index contributed by atoms with van der Waals surface area (Å²) in [6, 6.07) is 15.7. The predicted octanol–water partition coefficient (Wildman–Crippen LogP) is 4.85. The van der Waals surface area contributed by atoms with Gasteiger partial charge in [-0.05, 0) is 73.7 Å². The Morgan fingerprint density at radius 2 is 1.52 bits per heavy atom. The molecule has 0 saturated carbocycles. The third-order valence-corrected chi connectivity index (χ3v) is 4.21. The fourth-order valence-corrected chi connectivity index (χ4v) is 2.57. The molecule has 0 atom stereocenters. The number of esters is 2. The molecule has 160 valence electrons. The van der Waals surface area contributed by atoms with Crippen molar-refractivity contribution in [3.8, 4) is 17.6 Å². The van der Waals surface area contributed by atoms with Gasteiger partial charge in [-0.2, -0.15) is 5.26 Å². The highest BCUT2D eigenvalue weighted by Gasteiger charge is 2.01. The minimum absolute atomic E-state index is 0.384. The van der Waals surface area contributed by atoms with E-state index in [1.807, 2.05) is 30.3 Å². The van der Waals surface area contributed by atoms with Gasteiger partial charge in [0.25, 0.3) is 0 Å². The van der Waals surface area contributed by atoms with E-state index >= 15 is 0 Å². The first-order valence-electron chi connectivity index (χ1n) is 10.0. The smallest absolute Gasteiger partial charge is 0.336 e. The molecule has 2 rings (SSSR count). The summed E-state index contributed by atoms with van der Waals surface area (Å²) in [6.45, 7) is 4.38. The van der Waals surface area contributed by atoms with Crippen LogP contribution in [0.3, 0.4) is 0 Å². The molecule has 0 N–H and O–H groups in total. The van der Waals surface area contributed by atoms with Crippen LogP contribution in [0.5, 0.6) is 11.5 Å². The zero-order valence-corrected chi connectivity index (χ0v) is 17.3. The highest BCUT2D eigenvalue weighted by Crippen LogP contribution is 2.15. The first-order chi connectivity index (χ1) is 15.1. The SMILES string of the molecule is C=CC(=O)OCCCCCCOc1ccc(/C=C\C(=O)Oc2ccc(C#N)cc2)cc1. The van der Waals surface area contributed by atoms with Gasteiger partial charge in [-0.3, -0.25) is 0 Å². The van der Waals surface area contributed by atoms with Crippen LogP contribution < -0.4 is 9.47 Å². The van der Waals surface area contributed by atoms with Crippen molar-refractivity contribution in [2.24, 2.45) is 0 Å². The van der Waals surface area contributed by atoms with Crippen LogP contribution >= 0.6 is 0 Å². The molecule has 6 heteroatoms. The van der Waals surface area contributed by atoms with Crippen LogP contribution in [0.25, 0.3) is 6.08 Å². The molecule has 0 aliphatic heterocycles. The van der Waals surface area contributed by atoms with Crippen molar-refractivity contribution >= 4 is 18.0 Å². The number of benzene rings is 2. The molecule has 0 amide bonds. The molecular formula is C25H25NO5. The average molecular weight is 419 g/mol. The minimum Gasteiger partial charge on any atom is -0.494 e. The molecular weight excluding hydrogens is 394 g/mol. The van der Waals surface area contributed by atoms with Gasteiger partial charge >= 0.3 is 11.9 Å². The molecule has 0 heterocycles. The maximum atomic E-state index is 11.9. The molecule has 0 fully saturated rings. The van der Waals surface area contributed by atoms with Crippen molar-refractivity contribution in [1.82, 2.24) is 0 Å². The molecule has 0 saturated heterocycles. The van der Waals surface area contributed by atoms with Crippen LogP contribution in [0.1, 0.15) is 36.8 Å². The van der Waals surface area contributed by atoms with E-state index in [4.69, 9.17) is 19.5 Å². The molecule has 6 nitrogen and oxygen atoms in total. The monoisotopic (exact) mass is 419 g/mol. The summed E-state index contributed by atoms with van der Waals surface area (Å²) in [6.07, 6.45) is 7.88. The van der Waals surface area contributed by atoms with E-state index < -0.39 is 5.97 Å². The number of hydrogen-bond donors (Lipinski definition) is 0. The molecule has 0 aliphatic rings. The quantitative estimate of drug-likeness (QED) is 0.212. The Morgan fingerprint density at radius 1 is 0.871 bits per heavy atom. The van der Waals surface area contributed by atoms with Gasteiger partial charge < -0.3 is 14.2 Å². The topological polar surface area (TPSA) is 85.6 Å². The van der Waals surface area contributed by atoms with Gasteiger partial charge in [0, 0.05) is 12.2 Å².